The average Bonchev–Trinajstić information content (AvgIpc) is 2.68. The summed E-state index contributed by atoms with van der Waals surface area (Å²) in [6.07, 6.45) is -3.82. The number of fused-ring (bicyclic) bond motifs is 4. The van der Waals surface area contributed by atoms with Crippen molar-refractivity contribution in [1.29, 1.82) is 0 Å². The van der Waals surface area contributed by atoms with Crippen molar-refractivity contribution in [2.45, 2.75) is 25.2 Å². The van der Waals surface area contributed by atoms with E-state index >= 15 is 0 Å². The minimum atomic E-state index is -4.76. The summed E-state index contributed by atoms with van der Waals surface area (Å²) in [4.78, 5) is 29.4. The van der Waals surface area contributed by atoms with E-state index in [0.717, 1.165) is 12.1 Å². The second kappa shape index (κ2) is 8.03. The molecule has 0 spiro atoms. The third-order valence-electron chi connectivity index (χ3n) is 5.81. The first kappa shape index (κ1) is 21.4. The van der Waals surface area contributed by atoms with Crippen LogP contribution in [0.25, 0.3) is 11.1 Å². The molecule has 2 aromatic rings. The summed E-state index contributed by atoms with van der Waals surface area (Å²) in [5.74, 6) is 0.0652. The van der Waals surface area contributed by atoms with Gasteiger partial charge in [0.1, 0.15) is 5.75 Å². The molecule has 0 N–H and O–H groups in total. The van der Waals surface area contributed by atoms with Gasteiger partial charge in [0.15, 0.2) is 0 Å². The number of amides is 1. The molecular formula is C22H24F3N3O3. The van der Waals surface area contributed by atoms with Gasteiger partial charge in [0.2, 0.25) is 5.91 Å². The highest BCUT2D eigenvalue weighted by atomic mass is 19.4. The topological polar surface area (TPSA) is 54.8 Å². The van der Waals surface area contributed by atoms with Gasteiger partial charge in [-0.1, -0.05) is 12.1 Å². The van der Waals surface area contributed by atoms with Crippen LogP contribution in [0.2, 0.25) is 0 Å². The second-order valence-electron chi connectivity index (χ2n) is 8.49. The lowest BCUT2D eigenvalue weighted by Crippen LogP contribution is -2.51. The number of pyridine rings is 1. The average molecular weight is 435 g/mol. The van der Waals surface area contributed by atoms with Gasteiger partial charge in [0.25, 0.3) is 5.56 Å². The Morgan fingerprint density at radius 1 is 1.10 bits per heavy atom. The van der Waals surface area contributed by atoms with Crippen LogP contribution in [0.15, 0.2) is 41.2 Å². The molecule has 1 amide bonds. The third kappa shape index (κ3) is 4.61. The molecule has 1 aromatic heterocycles. The Kier molecular flexibility index (Phi) is 5.55. The van der Waals surface area contributed by atoms with E-state index in [2.05, 4.69) is 4.74 Å². The van der Waals surface area contributed by atoms with Crippen LogP contribution in [0.5, 0.6) is 5.75 Å². The Morgan fingerprint density at radius 3 is 2.45 bits per heavy atom. The number of likely N-dealkylation sites (tertiary alicyclic amines) is 1. The minimum Gasteiger partial charge on any atom is -0.406 e. The predicted molar refractivity (Wildman–Crippen MR) is 109 cm³/mol. The fourth-order valence-electron chi connectivity index (χ4n) is 4.58. The Morgan fingerprint density at radius 2 is 1.81 bits per heavy atom. The number of halogens is 3. The van der Waals surface area contributed by atoms with Crippen LogP contribution in [0.1, 0.15) is 18.0 Å². The van der Waals surface area contributed by atoms with E-state index in [1.807, 2.05) is 30.0 Å². The summed E-state index contributed by atoms with van der Waals surface area (Å²) < 4.78 is 42.8. The van der Waals surface area contributed by atoms with Gasteiger partial charge in [-0.25, -0.2) is 0 Å². The SMILES string of the molecule is CN(C)CC(=O)N1C[C@H]2C[C@H](C1)c1ccc(-c3ccc(OC(F)(F)F)cc3)c(=O)n1C2. The molecule has 166 valence electrons. The Bertz CT molecular complexity index is 1030. The lowest BCUT2D eigenvalue weighted by molar-refractivity contribution is -0.274. The second-order valence-corrected chi connectivity index (χ2v) is 8.49. The van der Waals surface area contributed by atoms with Gasteiger partial charge in [0.05, 0.1) is 6.54 Å². The minimum absolute atomic E-state index is 0.0910. The molecule has 0 unspecified atom stereocenters. The number of piperidine rings is 1. The van der Waals surface area contributed by atoms with Crippen molar-refractivity contribution in [2.75, 3.05) is 33.7 Å². The predicted octanol–water partition coefficient (Wildman–Crippen LogP) is 2.92. The van der Waals surface area contributed by atoms with Gasteiger partial charge in [-0.15, -0.1) is 13.2 Å². The van der Waals surface area contributed by atoms with Gasteiger partial charge in [0, 0.05) is 36.8 Å². The monoisotopic (exact) mass is 435 g/mol. The van der Waals surface area contributed by atoms with E-state index < -0.39 is 6.36 Å². The van der Waals surface area contributed by atoms with Gasteiger partial charge >= 0.3 is 6.36 Å². The normalized spacial score (nSPS) is 20.5. The first-order chi connectivity index (χ1) is 14.6. The Balaban J connectivity index is 1.58. The van der Waals surface area contributed by atoms with Crippen molar-refractivity contribution < 1.29 is 22.7 Å². The van der Waals surface area contributed by atoms with E-state index in [9.17, 15) is 22.8 Å². The van der Waals surface area contributed by atoms with Gasteiger partial charge in [-0.2, -0.15) is 0 Å². The number of ether oxygens (including phenoxy) is 1. The highest BCUT2D eigenvalue weighted by molar-refractivity contribution is 5.78. The first-order valence-electron chi connectivity index (χ1n) is 10.1. The molecule has 3 heterocycles. The molecular weight excluding hydrogens is 411 g/mol. The zero-order valence-electron chi connectivity index (χ0n) is 17.4. The van der Waals surface area contributed by atoms with E-state index in [1.54, 1.807) is 10.6 Å². The molecule has 2 aliphatic rings. The Hall–Kier alpha value is -2.81. The molecule has 2 aliphatic heterocycles. The third-order valence-corrected chi connectivity index (χ3v) is 5.81. The fourth-order valence-corrected chi connectivity index (χ4v) is 4.58. The van der Waals surface area contributed by atoms with Crippen molar-refractivity contribution in [1.82, 2.24) is 14.4 Å². The maximum absolute atomic E-state index is 13.2. The number of aromatic nitrogens is 1. The summed E-state index contributed by atoms with van der Waals surface area (Å²) >= 11 is 0. The molecule has 4 rings (SSSR count). The van der Waals surface area contributed by atoms with Crippen molar-refractivity contribution in [3.8, 4) is 16.9 Å². The van der Waals surface area contributed by atoms with Gasteiger partial charge in [-0.05, 0) is 56.3 Å². The molecule has 9 heteroatoms. The van der Waals surface area contributed by atoms with Crippen molar-refractivity contribution in [2.24, 2.45) is 5.92 Å². The van der Waals surface area contributed by atoms with E-state index in [1.165, 1.54) is 24.3 Å². The van der Waals surface area contributed by atoms with Crippen LogP contribution in [-0.4, -0.2) is 60.4 Å². The zero-order chi connectivity index (χ0) is 22.3. The molecule has 31 heavy (non-hydrogen) atoms. The number of carbonyl (C=O) groups is 1. The van der Waals surface area contributed by atoms with Crippen LogP contribution < -0.4 is 10.3 Å². The number of carbonyl (C=O) groups excluding carboxylic acids is 1. The van der Waals surface area contributed by atoms with Gasteiger partial charge in [-0.3, -0.25) is 9.59 Å². The standard InChI is InChI=1S/C22H24F3N3O3/c1-26(2)13-20(29)27-10-14-9-16(12-27)19-8-7-18(21(30)28(19)11-14)15-3-5-17(6-4-15)31-22(23,24)25/h3-8,14,16H,9-13H2,1-2H3/t14-,16-/m1/s1. The van der Waals surface area contributed by atoms with Crippen LogP contribution in [0.4, 0.5) is 13.2 Å². The summed E-state index contributed by atoms with van der Waals surface area (Å²) in [6.45, 7) is 2.10. The summed E-state index contributed by atoms with van der Waals surface area (Å²) in [5.41, 5.74) is 1.71. The quantitative estimate of drug-likeness (QED) is 0.741. The Labute approximate surface area is 177 Å². The van der Waals surface area contributed by atoms with Crippen LogP contribution in [-0.2, 0) is 11.3 Å². The number of benzene rings is 1. The maximum atomic E-state index is 13.2. The number of hydrogen-bond acceptors (Lipinski definition) is 4. The van der Waals surface area contributed by atoms with E-state index in [0.29, 0.717) is 37.3 Å². The molecule has 1 saturated heterocycles. The van der Waals surface area contributed by atoms with Crippen molar-refractivity contribution >= 4 is 5.91 Å². The lowest BCUT2D eigenvalue weighted by atomic mass is 9.82. The van der Waals surface area contributed by atoms with Crippen molar-refractivity contribution in [3.05, 3.63) is 52.4 Å². The smallest absolute Gasteiger partial charge is 0.406 e. The number of likely N-dealkylation sites (N-methyl/N-ethyl adjacent to an activating group) is 1. The molecule has 2 bridgehead atoms. The molecule has 1 fully saturated rings. The number of alkyl halides is 3. The number of nitrogens with zero attached hydrogens (tertiary/aromatic N) is 3. The van der Waals surface area contributed by atoms with E-state index in [4.69, 9.17) is 0 Å². The van der Waals surface area contributed by atoms with Crippen LogP contribution >= 0.6 is 0 Å². The first-order valence-corrected chi connectivity index (χ1v) is 10.1. The molecule has 2 atom stereocenters. The largest absolute Gasteiger partial charge is 0.573 e. The molecule has 0 saturated carbocycles. The summed E-state index contributed by atoms with van der Waals surface area (Å²) in [5, 5.41) is 0. The van der Waals surface area contributed by atoms with Crippen molar-refractivity contribution in [3.63, 3.8) is 0 Å². The fraction of sp³-hybridized carbons (Fsp3) is 0.455. The van der Waals surface area contributed by atoms with Gasteiger partial charge < -0.3 is 19.1 Å². The number of rotatable bonds is 4. The molecule has 1 aromatic carbocycles. The molecule has 6 nitrogen and oxygen atoms in total. The van der Waals surface area contributed by atoms with Crippen LogP contribution in [0.3, 0.4) is 0 Å². The summed E-state index contributed by atoms with van der Waals surface area (Å²) in [7, 11) is 3.72. The number of hydrogen-bond donors (Lipinski definition) is 0. The highest BCUT2D eigenvalue weighted by Gasteiger charge is 2.36. The molecule has 0 radical (unpaired) electrons. The maximum Gasteiger partial charge on any atom is 0.573 e. The summed E-state index contributed by atoms with van der Waals surface area (Å²) in [6, 6.07) is 8.93. The highest BCUT2D eigenvalue weighted by Crippen LogP contribution is 2.36. The molecule has 0 aliphatic carbocycles. The van der Waals surface area contributed by atoms with Crippen LogP contribution in [0, 0.1) is 5.92 Å². The lowest BCUT2D eigenvalue weighted by Gasteiger charge is -2.43. The zero-order valence-corrected chi connectivity index (χ0v) is 17.4. The van der Waals surface area contributed by atoms with E-state index in [-0.39, 0.29) is 29.1 Å².